The van der Waals surface area contributed by atoms with Crippen LogP contribution in [0.3, 0.4) is 0 Å². The van der Waals surface area contributed by atoms with Crippen LogP contribution in [-0.2, 0) is 9.53 Å². The summed E-state index contributed by atoms with van der Waals surface area (Å²) in [6.07, 6.45) is 2.65. The summed E-state index contributed by atoms with van der Waals surface area (Å²) in [5.74, 6) is 3.16. The minimum atomic E-state index is -0.151. The van der Waals surface area contributed by atoms with E-state index in [2.05, 4.69) is 5.32 Å². The fourth-order valence-corrected chi connectivity index (χ4v) is 2.95. The molecule has 1 amide bonds. The van der Waals surface area contributed by atoms with Crippen molar-refractivity contribution in [1.29, 1.82) is 0 Å². The van der Waals surface area contributed by atoms with Gasteiger partial charge in [-0.1, -0.05) is 0 Å². The highest BCUT2D eigenvalue weighted by atomic mass is 32.2. The summed E-state index contributed by atoms with van der Waals surface area (Å²) in [6.45, 7) is 1.20. The second-order valence-corrected chi connectivity index (χ2v) is 5.38. The van der Waals surface area contributed by atoms with Crippen LogP contribution in [-0.4, -0.2) is 43.7 Å². The molecule has 1 fully saturated rings. The van der Waals surface area contributed by atoms with Gasteiger partial charge >= 0.3 is 0 Å². The van der Waals surface area contributed by atoms with Gasteiger partial charge in [-0.05, 0) is 30.3 Å². The van der Waals surface area contributed by atoms with E-state index in [9.17, 15) is 4.79 Å². The fourth-order valence-electron chi connectivity index (χ4n) is 1.75. The highest BCUT2D eigenvalue weighted by molar-refractivity contribution is 7.99. The van der Waals surface area contributed by atoms with Crippen LogP contribution >= 0.6 is 11.8 Å². The van der Waals surface area contributed by atoms with Crippen LogP contribution in [0.1, 0.15) is 19.3 Å². The summed E-state index contributed by atoms with van der Waals surface area (Å²) < 4.78 is 5.07. The quantitative estimate of drug-likeness (QED) is 0.721. The zero-order valence-electron chi connectivity index (χ0n) is 9.91. The Morgan fingerprint density at radius 3 is 2.81 bits per heavy atom. The number of nitrogens with one attached hydrogen (secondary N) is 1. The molecule has 5 heteroatoms. The SMILES string of the molecule is COC(CN)CC(=O)NCC1CCSCC1. The van der Waals surface area contributed by atoms with Gasteiger partial charge in [0.2, 0.25) is 5.91 Å². The Morgan fingerprint density at radius 1 is 1.56 bits per heavy atom. The van der Waals surface area contributed by atoms with E-state index in [0.29, 0.717) is 18.9 Å². The molecule has 0 radical (unpaired) electrons. The molecule has 1 rings (SSSR count). The van der Waals surface area contributed by atoms with Crippen molar-refractivity contribution in [3.05, 3.63) is 0 Å². The number of thioether (sulfide) groups is 1. The average molecular weight is 246 g/mol. The highest BCUT2D eigenvalue weighted by Crippen LogP contribution is 2.21. The van der Waals surface area contributed by atoms with Gasteiger partial charge in [-0.15, -0.1) is 0 Å². The molecule has 1 aliphatic heterocycles. The molecule has 0 aliphatic carbocycles. The van der Waals surface area contributed by atoms with Gasteiger partial charge in [0.15, 0.2) is 0 Å². The molecule has 1 atom stereocenters. The summed E-state index contributed by atoms with van der Waals surface area (Å²) in [7, 11) is 1.59. The van der Waals surface area contributed by atoms with Crippen molar-refractivity contribution in [2.45, 2.75) is 25.4 Å². The van der Waals surface area contributed by atoms with E-state index in [0.717, 1.165) is 6.54 Å². The van der Waals surface area contributed by atoms with Gasteiger partial charge < -0.3 is 15.8 Å². The van der Waals surface area contributed by atoms with Gasteiger partial charge in [-0.2, -0.15) is 11.8 Å². The normalized spacial score (nSPS) is 19.4. The number of carbonyl (C=O) groups excluding carboxylic acids is 1. The first-order valence-corrected chi connectivity index (χ1v) is 6.99. The number of rotatable bonds is 6. The summed E-state index contributed by atoms with van der Waals surface area (Å²) in [5.41, 5.74) is 5.46. The third kappa shape index (κ3) is 5.18. The van der Waals surface area contributed by atoms with Gasteiger partial charge in [-0.3, -0.25) is 4.79 Å². The minimum absolute atomic E-state index is 0.0514. The largest absolute Gasteiger partial charge is 0.380 e. The smallest absolute Gasteiger partial charge is 0.222 e. The number of hydrogen-bond donors (Lipinski definition) is 2. The van der Waals surface area contributed by atoms with Crippen LogP contribution in [0, 0.1) is 5.92 Å². The van der Waals surface area contributed by atoms with Crippen molar-refractivity contribution in [3.63, 3.8) is 0 Å². The maximum absolute atomic E-state index is 11.6. The predicted molar refractivity (Wildman–Crippen MR) is 67.5 cm³/mol. The lowest BCUT2D eigenvalue weighted by Crippen LogP contribution is -2.35. The second-order valence-electron chi connectivity index (χ2n) is 4.16. The molecular weight excluding hydrogens is 224 g/mol. The maximum Gasteiger partial charge on any atom is 0.222 e. The molecule has 3 N–H and O–H groups in total. The van der Waals surface area contributed by atoms with E-state index in [4.69, 9.17) is 10.5 Å². The van der Waals surface area contributed by atoms with E-state index >= 15 is 0 Å². The molecule has 0 aromatic carbocycles. The minimum Gasteiger partial charge on any atom is -0.380 e. The molecule has 1 aliphatic rings. The Kier molecular flexibility index (Phi) is 6.84. The fraction of sp³-hybridized carbons (Fsp3) is 0.909. The van der Waals surface area contributed by atoms with Crippen molar-refractivity contribution < 1.29 is 9.53 Å². The van der Waals surface area contributed by atoms with Crippen LogP contribution in [0.15, 0.2) is 0 Å². The van der Waals surface area contributed by atoms with Crippen LogP contribution < -0.4 is 11.1 Å². The maximum atomic E-state index is 11.6. The van der Waals surface area contributed by atoms with E-state index in [1.54, 1.807) is 7.11 Å². The van der Waals surface area contributed by atoms with Crippen molar-refractivity contribution in [3.8, 4) is 0 Å². The molecule has 94 valence electrons. The van der Waals surface area contributed by atoms with Crippen molar-refractivity contribution >= 4 is 17.7 Å². The van der Waals surface area contributed by atoms with Crippen molar-refractivity contribution in [1.82, 2.24) is 5.32 Å². The number of methoxy groups -OCH3 is 1. The van der Waals surface area contributed by atoms with E-state index in [1.165, 1.54) is 24.3 Å². The van der Waals surface area contributed by atoms with Crippen LogP contribution in [0.5, 0.6) is 0 Å². The van der Waals surface area contributed by atoms with Crippen LogP contribution in [0.2, 0.25) is 0 Å². The third-order valence-corrected chi connectivity index (χ3v) is 3.99. The lowest BCUT2D eigenvalue weighted by molar-refractivity contribution is -0.123. The molecule has 1 saturated heterocycles. The lowest BCUT2D eigenvalue weighted by Gasteiger charge is -2.22. The van der Waals surface area contributed by atoms with E-state index in [-0.39, 0.29) is 12.0 Å². The first-order chi connectivity index (χ1) is 7.76. The first kappa shape index (κ1) is 13.8. The van der Waals surface area contributed by atoms with Gasteiger partial charge in [0.25, 0.3) is 0 Å². The Morgan fingerprint density at radius 2 is 2.25 bits per heavy atom. The van der Waals surface area contributed by atoms with Crippen LogP contribution in [0.25, 0.3) is 0 Å². The zero-order valence-corrected chi connectivity index (χ0v) is 10.7. The Bertz CT molecular complexity index is 204. The summed E-state index contributed by atoms with van der Waals surface area (Å²) in [4.78, 5) is 11.6. The summed E-state index contributed by atoms with van der Waals surface area (Å²) >= 11 is 2.00. The zero-order chi connectivity index (χ0) is 11.8. The van der Waals surface area contributed by atoms with Crippen molar-refractivity contribution in [2.24, 2.45) is 11.7 Å². The van der Waals surface area contributed by atoms with Gasteiger partial charge in [0.1, 0.15) is 0 Å². The van der Waals surface area contributed by atoms with E-state index in [1.807, 2.05) is 11.8 Å². The molecule has 1 heterocycles. The number of ether oxygens (including phenoxy) is 1. The molecule has 0 saturated carbocycles. The Hall–Kier alpha value is -0.260. The molecule has 4 nitrogen and oxygen atoms in total. The molecule has 0 spiro atoms. The summed E-state index contributed by atoms with van der Waals surface area (Å²) in [6, 6.07) is 0. The molecule has 1 unspecified atom stereocenters. The monoisotopic (exact) mass is 246 g/mol. The highest BCUT2D eigenvalue weighted by Gasteiger charge is 2.16. The predicted octanol–water partition coefficient (Wildman–Crippen LogP) is 0.610. The standard InChI is InChI=1S/C11H22N2O2S/c1-15-10(7-12)6-11(14)13-8-9-2-4-16-5-3-9/h9-10H,2-8,12H2,1H3,(H,13,14). The van der Waals surface area contributed by atoms with Crippen LogP contribution in [0.4, 0.5) is 0 Å². The van der Waals surface area contributed by atoms with Gasteiger partial charge in [0, 0.05) is 20.2 Å². The molecule has 0 bridgehead atoms. The topological polar surface area (TPSA) is 64.3 Å². The Balaban J connectivity index is 2.13. The second kappa shape index (κ2) is 7.92. The van der Waals surface area contributed by atoms with E-state index < -0.39 is 0 Å². The molecular formula is C11H22N2O2S. The molecule has 0 aromatic heterocycles. The number of hydrogen-bond acceptors (Lipinski definition) is 4. The first-order valence-electron chi connectivity index (χ1n) is 5.83. The lowest BCUT2D eigenvalue weighted by atomic mass is 10.0. The third-order valence-electron chi connectivity index (χ3n) is 2.94. The van der Waals surface area contributed by atoms with Crippen molar-refractivity contribution in [2.75, 3.05) is 31.7 Å². The van der Waals surface area contributed by atoms with Gasteiger partial charge in [-0.25, -0.2) is 0 Å². The number of nitrogens with two attached hydrogens (primary N) is 1. The Labute approximate surface area is 102 Å². The average Bonchev–Trinajstić information content (AvgIpc) is 2.34. The molecule has 0 aromatic rings. The number of amides is 1. The molecule has 16 heavy (non-hydrogen) atoms. The van der Waals surface area contributed by atoms with Gasteiger partial charge in [0.05, 0.1) is 12.5 Å². The number of carbonyl (C=O) groups is 1. The summed E-state index contributed by atoms with van der Waals surface area (Å²) in [5, 5.41) is 2.97.